The lowest BCUT2D eigenvalue weighted by Gasteiger charge is -2.29. The lowest BCUT2D eigenvalue weighted by atomic mass is 9.81. The number of sulfonamides is 1. The summed E-state index contributed by atoms with van der Waals surface area (Å²) >= 11 is 0. The molecular weight excluding hydrogens is 260 g/mol. The van der Waals surface area contributed by atoms with Gasteiger partial charge < -0.3 is 5.32 Å². The lowest BCUT2D eigenvalue weighted by Crippen LogP contribution is -2.23. The first-order chi connectivity index (χ1) is 9.01. The predicted octanol–water partition coefficient (Wildman–Crippen LogP) is 2.59. The summed E-state index contributed by atoms with van der Waals surface area (Å²) in [6.07, 6.45) is 5.18. The van der Waals surface area contributed by atoms with Gasteiger partial charge in [-0.2, -0.15) is 0 Å². The van der Waals surface area contributed by atoms with Gasteiger partial charge in [0.1, 0.15) is 0 Å². The second-order valence-corrected chi connectivity index (χ2v) is 7.20. The van der Waals surface area contributed by atoms with Gasteiger partial charge in [-0.3, -0.25) is 0 Å². The van der Waals surface area contributed by atoms with Crippen molar-refractivity contribution in [3.05, 3.63) is 24.3 Å². The molecule has 0 heterocycles. The largest absolute Gasteiger partial charge is 0.383 e. The van der Waals surface area contributed by atoms with Gasteiger partial charge in [0.2, 0.25) is 10.0 Å². The van der Waals surface area contributed by atoms with Gasteiger partial charge in [-0.1, -0.05) is 25.3 Å². The monoisotopic (exact) mass is 282 g/mol. The van der Waals surface area contributed by atoms with Crippen LogP contribution < -0.4 is 10.0 Å². The zero-order valence-electron chi connectivity index (χ0n) is 11.5. The van der Waals surface area contributed by atoms with Crippen molar-refractivity contribution in [1.29, 1.82) is 0 Å². The highest BCUT2D eigenvalue weighted by Gasteiger charge is 2.20. The Morgan fingerprint density at radius 3 is 2.68 bits per heavy atom. The molecule has 0 aliphatic heterocycles. The van der Waals surface area contributed by atoms with Crippen molar-refractivity contribution in [1.82, 2.24) is 4.72 Å². The molecule has 0 aromatic heterocycles. The molecule has 106 valence electrons. The third-order valence-electron chi connectivity index (χ3n) is 3.74. The van der Waals surface area contributed by atoms with Crippen LogP contribution in [0.5, 0.6) is 0 Å². The molecule has 1 saturated carbocycles. The van der Waals surface area contributed by atoms with E-state index in [2.05, 4.69) is 17.0 Å². The van der Waals surface area contributed by atoms with Crippen molar-refractivity contribution in [3.8, 4) is 0 Å². The molecule has 4 nitrogen and oxygen atoms in total. The number of rotatable bonds is 6. The van der Waals surface area contributed by atoms with Gasteiger partial charge in [0.25, 0.3) is 0 Å². The first kappa shape index (κ1) is 14.3. The first-order valence-corrected chi connectivity index (χ1v) is 8.30. The average Bonchev–Trinajstić information content (AvgIpc) is 2.34. The van der Waals surface area contributed by atoms with E-state index < -0.39 is 10.0 Å². The molecule has 19 heavy (non-hydrogen) atoms. The minimum absolute atomic E-state index is 0.302. The van der Waals surface area contributed by atoms with E-state index in [-0.39, 0.29) is 0 Å². The van der Waals surface area contributed by atoms with Crippen LogP contribution in [0.15, 0.2) is 29.2 Å². The summed E-state index contributed by atoms with van der Waals surface area (Å²) in [4.78, 5) is 0.302. The van der Waals surface area contributed by atoms with Crippen molar-refractivity contribution < 1.29 is 8.42 Å². The van der Waals surface area contributed by atoms with E-state index in [0.717, 1.165) is 18.0 Å². The molecular formula is C14H22N2O2S. The SMILES string of the molecule is CNS(=O)(=O)c1cccc(NC(C)CC2CCC2)c1. The molecule has 1 atom stereocenters. The van der Waals surface area contributed by atoms with E-state index in [9.17, 15) is 8.42 Å². The molecule has 1 unspecified atom stereocenters. The topological polar surface area (TPSA) is 58.2 Å². The summed E-state index contributed by atoms with van der Waals surface area (Å²) in [6.45, 7) is 2.15. The fraction of sp³-hybridized carbons (Fsp3) is 0.571. The van der Waals surface area contributed by atoms with Crippen LogP contribution in [-0.4, -0.2) is 21.5 Å². The van der Waals surface area contributed by atoms with E-state index in [1.165, 1.54) is 26.3 Å². The lowest BCUT2D eigenvalue weighted by molar-refractivity contribution is 0.286. The Kier molecular flexibility index (Phi) is 4.47. The highest BCUT2D eigenvalue weighted by molar-refractivity contribution is 7.89. The van der Waals surface area contributed by atoms with Crippen molar-refractivity contribution in [2.75, 3.05) is 12.4 Å². The Morgan fingerprint density at radius 2 is 2.11 bits per heavy atom. The molecule has 0 amide bonds. The number of hydrogen-bond acceptors (Lipinski definition) is 3. The average molecular weight is 282 g/mol. The summed E-state index contributed by atoms with van der Waals surface area (Å²) in [6, 6.07) is 7.34. The minimum Gasteiger partial charge on any atom is -0.383 e. The predicted molar refractivity (Wildman–Crippen MR) is 77.7 cm³/mol. The standard InChI is InChI=1S/C14H22N2O2S/c1-11(9-12-5-3-6-12)16-13-7-4-8-14(10-13)19(17,18)15-2/h4,7-8,10-12,15-16H,3,5-6,9H2,1-2H3. The minimum atomic E-state index is -3.36. The van der Waals surface area contributed by atoms with Crippen molar-refractivity contribution in [2.24, 2.45) is 5.92 Å². The van der Waals surface area contributed by atoms with Gasteiger partial charge in [-0.25, -0.2) is 13.1 Å². The zero-order valence-corrected chi connectivity index (χ0v) is 12.3. The smallest absolute Gasteiger partial charge is 0.240 e. The molecule has 0 saturated heterocycles. The van der Waals surface area contributed by atoms with Crippen molar-refractivity contribution in [2.45, 2.75) is 43.5 Å². The Balaban J connectivity index is 2.02. The second kappa shape index (κ2) is 5.92. The van der Waals surface area contributed by atoms with E-state index >= 15 is 0 Å². The van der Waals surface area contributed by atoms with Crippen LogP contribution in [0.1, 0.15) is 32.6 Å². The molecule has 0 spiro atoms. The number of nitrogens with one attached hydrogen (secondary N) is 2. The Labute approximate surface area is 115 Å². The molecule has 0 bridgehead atoms. The fourth-order valence-electron chi connectivity index (χ4n) is 2.44. The van der Waals surface area contributed by atoms with Crippen LogP contribution >= 0.6 is 0 Å². The molecule has 2 N–H and O–H groups in total. The zero-order chi connectivity index (χ0) is 13.9. The van der Waals surface area contributed by atoms with Crippen LogP contribution in [0, 0.1) is 5.92 Å². The Bertz CT molecular complexity index is 524. The molecule has 1 aliphatic rings. The number of anilines is 1. The summed E-state index contributed by atoms with van der Waals surface area (Å²) in [5.74, 6) is 0.840. The summed E-state index contributed by atoms with van der Waals surface area (Å²) in [5, 5.41) is 3.39. The van der Waals surface area contributed by atoms with Crippen molar-refractivity contribution in [3.63, 3.8) is 0 Å². The van der Waals surface area contributed by atoms with E-state index in [0.29, 0.717) is 10.9 Å². The maximum atomic E-state index is 11.7. The number of benzene rings is 1. The van der Waals surface area contributed by atoms with Crippen LogP contribution in [0.3, 0.4) is 0 Å². The van der Waals surface area contributed by atoms with Gasteiger partial charge in [0, 0.05) is 11.7 Å². The van der Waals surface area contributed by atoms with Gasteiger partial charge in [-0.05, 0) is 44.5 Å². The van der Waals surface area contributed by atoms with Crippen LogP contribution in [0.2, 0.25) is 0 Å². The molecule has 1 aromatic carbocycles. The second-order valence-electron chi connectivity index (χ2n) is 5.31. The fourth-order valence-corrected chi connectivity index (χ4v) is 3.22. The Morgan fingerprint density at radius 1 is 1.37 bits per heavy atom. The molecule has 1 fully saturated rings. The van der Waals surface area contributed by atoms with E-state index in [1.54, 1.807) is 18.2 Å². The third-order valence-corrected chi connectivity index (χ3v) is 5.15. The molecule has 0 radical (unpaired) electrons. The first-order valence-electron chi connectivity index (χ1n) is 6.81. The van der Waals surface area contributed by atoms with Gasteiger partial charge in [0.15, 0.2) is 0 Å². The van der Waals surface area contributed by atoms with Gasteiger partial charge in [0.05, 0.1) is 4.90 Å². The Hall–Kier alpha value is -1.07. The summed E-state index contributed by atoms with van der Waals surface area (Å²) < 4.78 is 25.8. The van der Waals surface area contributed by atoms with Gasteiger partial charge in [-0.15, -0.1) is 0 Å². The molecule has 1 aromatic rings. The normalized spacial score (nSPS) is 17.8. The summed E-state index contributed by atoms with van der Waals surface area (Å²) in [7, 11) is -1.94. The van der Waals surface area contributed by atoms with Crippen LogP contribution in [0.4, 0.5) is 5.69 Å². The molecule has 5 heteroatoms. The van der Waals surface area contributed by atoms with E-state index in [4.69, 9.17) is 0 Å². The third kappa shape index (κ3) is 3.70. The van der Waals surface area contributed by atoms with Crippen LogP contribution in [0.25, 0.3) is 0 Å². The maximum absolute atomic E-state index is 11.7. The molecule has 2 rings (SSSR count). The van der Waals surface area contributed by atoms with Crippen LogP contribution in [-0.2, 0) is 10.0 Å². The number of hydrogen-bond donors (Lipinski definition) is 2. The highest BCUT2D eigenvalue weighted by Crippen LogP contribution is 2.31. The highest BCUT2D eigenvalue weighted by atomic mass is 32.2. The molecule has 1 aliphatic carbocycles. The quantitative estimate of drug-likeness (QED) is 0.843. The van der Waals surface area contributed by atoms with E-state index in [1.807, 2.05) is 6.07 Å². The van der Waals surface area contributed by atoms with Gasteiger partial charge >= 0.3 is 0 Å². The summed E-state index contributed by atoms with van der Waals surface area (Å²) in [5.41, 5.74) is 0.864. The maximum Gasteiger partial charge on any atom is 0.240 e. The van der Waals surface area contributed by atoms with Crippen molar-refractivity contribution >= 4 is 15.7 Å².